The number of thiophene rings is 1. The van der Waals surface area contributed by atoms with Gasteiger partial charge in [0.05, 0.1) is 0 Å². The summed E-state index contributed by atoms with van der Waals surface area (Å²) in [4.78, 5) is 1.45. The van der Waals surface area contributed by atoms with Crippen LogP contribution in [0.5, 0.6) is 0 Å². The Balaban J connectivity index is 2.64. The smallest absolute Gasteiger partial charge is 0.449 e. The van der Waals surface area contributed by atoms with Crippen LogP contribution >= 0.6 is 11.3 Å². The van der Waals surface area contributed by atoms with Crippen LogP contribution in [0.15, 0.2) is 12.1 Å². The predicted molar refractivity (Wildman–Crippen MR) is 46.5 cm³/mol. The second-order valence-electron chi connectivity index (χ2n) is 2.64. The van der Waals surface area contributed by atoms with Crippen molar-refractivity contribution in [3.05, 3.63) is 21.9 Å². The maximum Gasteiger partial charge on any atom is 0.483 e. The van der Waals surface area contributed by atoms with E-state index in [9.17, 15) is 12.9 Å². The first kappa shape index (κ1) is 9.64. The Labute approximate surface area is 73.5 Å². The van der Waals surface area contributed by atoms with Crippen molar-refractivity contribution in [3.63, 3.8) is 0 Å². The summed E-state index contributed by atoms with van der Waals surface area (Å²) in [7, 11) is 0. The van der Waals surface area contributed by atoms with Crippen molar-refractivity contribution >= 4 is 18.3 Å². The van der Waals surface area contributed by atoms with Crippen LogP contribution < -0.4 is 0 Å². The van der Waals surface area contributed by atoms with E-state index in [4.69, 9.17) is 0 Å². The van der Waals surface area contributed by atoms with Crippen molar-refractivity contribution in [2.75, 3.05) is 0 Å². The Morgan fingerprint density at radius 2 is 1.83 bits per heavy atom. The maximum atomic E-state index is 11.9. The minimum absolute atomic E-state index is 0.430. The third kappa shape index (κ3) is 2.89. The van der Waals surface area contributed by atoms with Crippen LogP contribution in [-0.4, -0.2) is 6.98 Å². The first-order valence-electron chi connectivity index (χ1n) is 3.80. The molecule has 0 unspecified atom stereocenters. The molecule has 0 aromatic carbocycles. The van der Waals surface area contributed by atoms with Gasteiger partial charge < -0.3 is 12.9 Å². The van der Waals surface area contributed by atoms with Crippen molar-refractivity contribution < 1.29 is 12.9 Å². The van der Waals surface area contributed by atoms with Crippen molar-refractivity contribution in [3.8, 4) is 0 Å². The lowest BCUT2D eigenvalue weighted by molar-refractivity contribution is 0.469. The van der Waals surface area contributed by atoms with Crippen LogP contribution in [0.1, 0.15) is 16.7 Å². The predicted octanol–water partition coefficient (Wildman–Crippen LogP) is 3.24. The van der Waals surface area contributed by atoms with Gasteiger partial charge in [0, 0.05) is 4.88 Å². The average Bonchev–Trinajstić information content (AvgIpc) is 2.32. The molecule has 68 valence electrons. The van der Waals surface area contributed by atoms with Gasteiger partial charge in [0.25, 0.3) is 0 Å². The molecular formula is C7H9BF3S-. The van der Waals surface area contributed by atoms with Gasteiger partial charge >= 0.3 is 6.98 Å². The molecule has 0 radical (unpaired) electrons. The molecule has 0 saturated heterocycles. The molecule has 1 aromatic heterocycles. The summed E-state index contributed by atoms with van der Waals surface area (Å²) in [6.45, 7) is -2.73. The molecule has 0 aliphatic carbocycles. The topological polar surface area (TPSA) is 0 Å². The van der Waals surface area contributed by atoms with Crippen molar-refractivity contribution in [1.82, 2.24) is 0 Å². The van der Waals surface area contributed by atoms with E-state index in [1.807, 2.05) is 6.92 Å². The third-order valence-electron chi connectivity index (χ3n) is 1.50. The Kier molecular flexibility index (Phi) is 2.83. The van der Waals surface area contributed by atoms with E-state index in [-0.39, 0.29) is 0 Å². The number of rotatable bonds is 3. The molecule has 0 atom stereocenters. The molecule has 0 nitrogen and oxygen atoms in total. The van der Waals surface area contributed by atoms with Gasteiger partial charge in [-0.05, 0) is 17.4 Å². The molecule has 0 fully saturated rings. The van der Waals surface area contributed by atoms with Gasteiger partial charge in [-0.2, -0.15) is 0 Å². The Hall–Kier alpha value is -0.445. The quantitative estimate of drug-likeness (QED) is 0.646. The van der Waals surface area contributed by atoms with Gasteiger partial charge in [-0.15, -0.1) is 11.3 Å². The van der Waals surface area contributed by atoms with Crippen molar-refractivity contribution in [1.29, 1.82) is 0 Å². The molecule has 0 bridgehead atoms. The molecule has 0 saturated carbocycles. The number of hydrogen-bond acceptors (Lipinski definition) is 1. The second-order valence-corrected chi connectivity index (χ2v) is 3.89. The van der Waals surface area contributed by atoms with Crippen LogP contribution in [0.3, 0.4) is 0 Å². The van der Waals surface area contributed by atoms with E-state index in [0.29, 0.717) is 4.88 Å². The van der Waals surface area contributed by atoms with E-state index in [0.717, 1.165) is 11.3 Å². The zero-order valence-electron chi connectivity index (χ0n) is 6.69. The van der Waals surface area contributed by atoms with Gasteiger partial charge in [-0.1, -0.05) is 19.3 Å². The molecular weight excluding hydrogens is 184 g/mol. The highest BCUT2D eigenvalue weighted by molar-refractivity contribution is 7.12. The summed E-state index contributed by atoms with van der Waals surface area (Å²) < 4.78 is 35.8. The minimum Gasteiger partial charge on any atom is -0.449 e. The Morgan fingerprint density at radius 3 is 2.25 bits per heavy atom. The van der Waals surface area contributed by atoms with E-state index < -0.39 is 13.3 Å². The normalized spacial score (nSPS) is 12.0. The van der Waals surface area contributed by atoms with Gasteiger partial charge in [-0.25, -0.2) is 0 Å². The van der Waals surface area contributed by atoms with Crippen molar-refractivity contribution in [2.24, 2.45) is 0 Å². The summed E-state index contributed by atoms with van der Waals surface area (Å²) in [5.74, 6) is 0. The van der Waals surface area contributed by atoms with E-state index >= 15 is 0 Å². The SMILES string of the molecule is CCc1ccc(C[B-](F)(F)F)s1. The van der Waals surface area contributed by atoms with E-state index in [1.165, 1.54) is 11.3 Å². The lowest BCUT2D eigenvalue weighted by Crippen LogP contribution is -2.18. The molecule has 1 heterocycles. The first-order chi connectivity index (χ1) is 5.51. The molecule has 0 N–H and O–H groups in total. The van der Waals surface area contributed by atoms with Gasteiger partial charge in [-0.3, -0.25) is 0 Å². The lowest BCUT2D eigenvalue weighted by Gasteiger charge is -2.10. The number of aryl methyl sites for hydroxylation is 1. The van der Waals surface area contributed by atoms with Crippen LogP contribution in [-0.2, 0) is 12.7 Å². The summed E-state index contributed by atoms with van der Waals surface area (Å²) in [6.07, 6.45) is 0.0835. The highest BCUT2D eigenvalue weighted by atomic mass is 32.1. The Morgan fingerprint density at radius 1 is 1.25 bits per heavy atom. The van der Waals surface area contributed by atoms with Crippen LogP contribution in [0.4, 0.5) is 12.9 Å². The lowest BCUT2D eigenvalue weighted by atomic mass is 9.85. The molecule has 0 aliphatic heterocycles. The molecule has 0 amide bonds. The fourth-order valence-corrected chi connectivity index (χ4v) is 1.98. The molecule has 12 heavy (non-hydrogen) atoms. The number of hydrogen-bond donors (Lipinski definition) is 0. The van der Waals surface area contributed by atoms with E-state index in [1.54, 1.807) is 12.1 Å². The highest BCUT2D eigenvalue weighted by Crippen LogP contribution is 2.23. The molecule has 5 heteroatoms. The summed E-state index contributed by atoms with van der Waals surface area (Å²) in [5.41, 5.74) is 0. The van der Waals surface area contributed by atoms with Crippen molar-refractivity contribution in [2.45, 2.75) is 19.7 Å². The average molecular weight is 193 g/mol. The summed E-state index contributed by atoms with van der Waals surface area (Å²) in [6, 6.07) is 3.33. The largest absolute Gasteiger partial charge is 0.483 e. The maximum absolute atomic E-state index is 11.9. The monoisotopic (exact) mass is 193 g/mol. The summed E-state index contributed by atoms with van der Waals surface area (Å²) in [5, 5.41) is 0. The standard InChI is InChI=1S/C7H9BF3S/c1-2-6-3-4-7(12-6)5-8(9,10)11/h3-4H,2,5H2,1H3/q-1. The summed E-state index contributed by atoms with van der Waals surface area (Å²) >= 11 is 1.26. The van der Waals surface area contributed by atoms with Crippen LogP contribution in [0.2, 0.25) is 0 Å². The molecule has 1 rings (SSSR count). The second kappa shape index (κ2) is 3.52. The van der Waals surface area contributed by atoms with Gasteiger partial charge in [0.2, 0.25) is 0 Å². The zero-order valence-corrected chi connectivity index (χ0v) is 7.50. The molecule has 0 spiro atoms. The fraction of sp³-hybridized carbons (Fsp3) is 0.429. The number of halogens is 3. The van der Waals surface area contributed by atoms with E-state index in [2.05, 4.69) is 0 Å². The first-order valence-corrected chi connectivity index (χ1v) is 4.61. The van der Waals surface area contributed by atoms with Crippen LogP contribution in [0, 0.1) is 0 Å². The zero-order chi connectivity index (χ0) is 9.19. The Bertz CT molecular complexity index is 253. The highest BCUT2D eigenvalue weighted by Gasteiger charge is 2.23. The third-order valence-corrected chi connectivity index (χ3v) is 2.75. The molecule has 0 aliphatic rings. The minimum atomic E-state index is -4.66. The van der Waals surface area contributed by atoms with Gasteiger partial charge in [0.1, 0.15) is 0 Å². The fourth-order valence-electron chi connectivity index (χ4n) is 0.950. The van der Waals surface area contributed by atoms with Gasteiger partial charge in [0.15, 0.2) is 0 Å². The molecule has 1 aromatic rings. The van der Waals surface area contributed by atoms with Crippen LogP contribution in [0.25, 0.3) is 0 Å².